The van der Waals surface area contributed by atoms with Crippen molar-refractivity contribution in [3.05, 3.63) is 0 Å². The molecule has 6 heteroatoms. The van der Waals surface area contributed by atoms with Gasteiger partial charge in [0.2, 0.25) is 0 Å². The lowest BCUT2D eigenvalue weighted by Crippen LogP contribution is -2.54. The molecule has 6 nitrogen and oxygen atoms in total. The highest BCUT2D eigenvalue weighted by atomic mass is 16.5. The summed E-state index contributed by atoms with van der Waals surface area (Å²) < 4.78 is 4.63. The molecule has 100 valence electrons. The summed E-state index contributed by atoms with van der Waals surface area (Å²) in [5.41, 5.74) is 0. The first-order valence-electron chi connectivity index (χ1n) is 6.12. The van der Waals surface area contributed by atoms with Crippen molar-refractivity contribution in [1.29, 1.82) is 0 Å². The van der Waals surface area contributed by atoms with Crippen LogP contribution in [0.4, 0.5) is 4.79 Å². The molecule has 2 fully saturated rings. The molecule has 2 rings (SSSR count). The molecule has 1 heterocycles. The Morgan fingerprint density at radius 2 is 2.11 bits per heavy atom. The molecule has 2 unspecified atom stereocenters. The summed E-state index contributed by atoms with van der Waals surface area (Å²) in [6, 6.07) is -0.871. The van der Waals surface area contributed by atoms with Gasteiger partial charge in [0.1, 0.15) is 11.8 Å². The molecule has 1 amide bonds. The van der Waals surface area contributed by atoms with Crippen molar-refractivity contribution in [1.82, 2.24) is 4.90 Å². The van der Waals surface area contributed by atoms with E-state index >= 15 is 0 Å². The van der Waals surface area contributed by atoms with E-state index in [-0.39, 0.29) is 17.6 Å². The van der Waals surface area contributed by atoms with Crippen LogP contribution in [-0.4, -0.2) is 47.5 Å². The minimum Gasteiger partial charge on any atom is -0.480 e. The molecular formula is C12H17NO5. The van der Waals surface area contributed by atoms with Gasteiger partial charge in [-0.1, -0.05) is 0 Å². The van der Waals surface area contributed by atoms with Gasteiger partial charge >= 0.3 is 12.1 Å². The van der Waals surface area contributed by atoms with Gasteiger partial charge in [0.25, 0.3) is 0 Å². The Morgan fingerprint density at radius 1 is 1.39 bits per heavy atom. The molecular weight excluding hydrogens is 238 g/mol. The third-order valence-corrected chi connectivity index (χ3v) is 3.98. The molecule has 2 aliphatic rings. The molecule has 0 aromatic carbocycles. The van der Waals surface area contributed by atoms with Gasteiger partial charge in [-0.2, -0.15) is 0 Å². The van der Waals surface area contributed by atoms with E-state index < -0.39 is 18.1 Å². The number of amides is 1. The van der Waals surface area contributed by atoms with Crippen LogP contribution in [0.15, 0.2) is 0 Å². The second-order valence-electron chi connectivity index (χ2n) is 5.01. The first-order chi connectivity index (χ1) is 8.52. The lowest BCUT2D eigenvalue weighted by Gasteiger charge is -2.43. The molecule has 0 bridgehead atoms. The first-order valence-corrected chi connectivity index (χ1v) is 6.12. The number of aliphatic carboxylic acids is 1. The van der Waals surface area contributed by atoms with Gasteiger partial charge in [-0.25, -0.2) is 9.59 Å². The van der Waals surface area contributed by atoms with Gasteiger partial charge in [0, 0.05) is 19.4 Å². The topological polar surface area (TPSA) is 83.9 Å². The number of ether oxygens (including phenoxy) is 1. The fraction of sp³-hybridized carbons (Fsp3) is 0.750. The fourth-order valence-electron chi connectivity index (χ4n) is 3.01. The van der Waals surface area contributed by atoms with Crippen molar-refractivity contribution >= 4 is 17.8 Å². The van der Waals surface area contributed by atoms with Gasteiger partial charge in [0.15, 0.2) is 0 Å². The quantitative estimate of drug-likeness (QED) is 0.752. The number of carbonyl (C=O) groups excluding carboxylic acids is 2. The van der Waals surface area contributed by atoms with Gasteiger partial charge in [-0.05, 0) is 24.7 Å². The highest BCUT2D eigenvalue weighted by Gasteiger charge is 2.43. The Labute approximate surface area is 105 Å². The fourth-order valence-corrected chi connectivity index (χ4v) is 3.01. The smallest absolute Gasteiger partial charge is 0.410 e. The summed E-state index contributed by atoms with van der Waals surface area (Å²) in [6.07, 6.45) is 1.47. The van der Waals surface area contributed by atoms with Crippen molar-refractivity contribution in [3.8, 4) is 0 Å². The number of likely N-dealkylation sites (tertiary alicyclic amines) is 1. The van der Waals surface area contributed by atoms with Crippen LogP contribution < -0.4 is 0 Å². The zero-order chi connectivity index (χ0) is 13.3. The number of Topliss-reactive ketones (excluding diaryl/α,β-unsaturated/α-hetero) is 1. The highest BCUT2D eigenvalue weighted by Crippen LogP contribution is 2.37. The minimum absolute atomic E-state index is 0.0910. The van der Waals surface area contributed by atoms with Crippen molar-refractivity contribution in [3.63, 3.8) is 0 Å². The van der Waals surface area contributed by atoms with Gasteiger partial charge in [-0.15, -0.1) is 0 Å². The number of rotatable bonds is 1. The van der Waals surface area contributed by atoms with Crippen molar-refractivity contribution in [2.75, 3.05) is 13.7 Å². The normalized spacial score (nSPS) is 31.7. The summed E-state index contributed by atoms with van der Waals surface area (Å²) in [5, 5.41) is 9.17. The van der Waals surface area contributed by atoms with Gasteiger partial charge in [0.05, 0.1) is 7.11 Å². The number of nitrogens with zero attached hydrogens (tertiary/aromatic N) is 1. The Hall–Kier alpha value is -1.59. The summed E-state index contributed by atoms with van der Waals surface area (Å²) in [4.78, 5) is 35.5. The zero-order valence-electron chi connectivity index (χ0n) is 10.3. The van der Waals surface area contributed by atoms with Crippen LogP contribution in [0.2, 0.25) is 0 Å². The molecule has 1 saturated heterocycles. The number of carboxylic acid groups (broad SMARTS) is 1. The number of hydrogen-bond acceptors (Lipinski definition) is 4. The van der Waals surface area contributed by atoms with E-state index in [1.165, 1.54) is 12.0 Å². The van der Waals surface area contributed by atoms with Crippen LogP contribution in [0, 0.1) is 11.8 Å². The lowest BCUT2D eigenvalue weighted by atomic mass is 9.72. The molecule has 1 aliphatic carbocycles. The third-order valence-electron chi connectivity index (χ3n) is 3.98. The second kappa shape index (κ2) is 4.96. The number of piperidine rings is 1. The lowest BCUT2D eigenvalue weighted by molar-refractivity contribution is -0.147. The Bertz CT molecular complexity index is 381. The first kappa shape index (κ1) is 12.9. The van der Waals surface area contributed by atoms with Crippen LogP contribution in [0.25, 0.3) is 0 Å². The number of carboxylic acids is 1. The summed E-state index contributed by atoms with van der Waals surface area (Å²) in [5.74, 6) is -0.519. The zero-order valence-corrected chi connectivity index (χ0v) is 10.3. The van der Waals surface area contributed by atoms with Crippen molar-refractivity contribution < 1.29 is 24.2 Å². The Morgan fingerprint density at radius 3 is 2.72 bits per heavy atom. The van der Waals surface area contributed by atoms with E-state index in [2.05, 4.69) is 4.74 Å². The van der Waals surface area contributed by atoms with E-state index in [0.29, 0.717) is 25.8 Å². The van der Waals surface area contributed by atoms with Crippen LogP contribution in [-0.2, 0) is 14.3 Å². The molecule has 1 N–H and O–H groups in total. The molecule has 0 aromatic rings. The van der Waals surface area contributed by atoms with Crippen LogP contribution in [0.1, 0.15) is 25.7 Å². The average Bonchev–Trinajstić information content (AvgIpc) is 2.36. The van der Waals surface area contributed by atoms with Gasteiger partial charge < -0.3 is 9.84 Å². The van der Waals surface area contributed by atoms with E-state index in [9.17, 15) is 19.5 Å². The number of hydrogen-bond donors (Lipinski definition) is 1. The second-order valence-corrected chi connectivity index (χ2v) is 5.01. The molecule has 0 aromatic heterocycles. The molecule has 1 aliphatic heterocycles. The monoisotopic (exact) mass is 255 g/mol. The van der Waals surface area contributed by atoms with Crippen molar-refractivity contribution in [2.24, 2.45) is 11.8 Å². The minimum atomic E-state index is -1.03. The molecule has 0 spiro atoms. The summed E-state index contributed by atoms with van der Waals surface area (Å²) in [7, 11) is 1.25. The van der Waals surface area contributed by atoms with E-state index in [1.807, 2.05) is 0 Å². The number of methoxy groups -OCH3 is 1. The van der Waals surface area contributed by atoms with Crippen LogP contribution in [0.3, 0.4) is 0 Å². The maximum atomic E-state index is 11.6. The number of fused-ring (bicyclic) bond motifs is 1. The van der Waals surface area contributed by atoms with Crippen LogP contribution >= 0.6 is 0 Å². The maximum absolute atomic E-state index is 11.6. The standard InChI is InChI=1S/C12H17NO5/c1-18-12(17)13-6-7-2-3-9(14)4-8(7)5-10(13)11(15)16/h7-8,10H,2-6H2,1H3,(H,15,16)/t7-,8?,10?/m0/s1. The molecule has 0 radical (unpaired) electrons. The van der Waals surface area contributed by atoms with E-state index in [0.717, 1.165) is 6.42 Å². The Balaban J connectivity index is 2.15. The number of ketones is 1. The van der Waals surface area contributed by atoms with Crippen LogP contribution in [0.5, 0.6) is 0 Å². The number of carbonyl (C=O) groups is 3. The van der Waals surface area contributed by atoms with E-state index in [1.54, 1.807) is 0 Å². The predicted octanol–water partition coefficient (Wildman–Crippen LogP) is 0.897. The average molecular weight is 255 g/mol. The highest BCUT2D eigenvalue weighted by molar-refractivity contribution is 5.82. The van der Waals surface area contributed by atoms with Gasteiger partial charge in [-0.3, -0.25) is 9.69 Å². The van der Waals surface area contributed by atoms with Crippen molar-refractivity contribution in [2.45, 2.75) is 31.7 Å². The SMILES string of the molecule is COC(=O)N1C[C@@H]2CCC(=O)CC2CC1C(=O)O. The summed E-state index contributed by atoms with van der Waals surface area (Å²) in [6.45, 7) is 0.377. The third kappa shape index (κ3) is 2.32. The van der Waals surface area contributed by atoms with E-state index in [4.69, 9.17) is 0 Å². The largest absolute Gasteiger partial charge is 0.480 e. The Kier molecular flexibility index (Phi) is 3.54. The molecule has 3 atom stereocenters. The predicted molar refractivity (Wildman–Crippen MR) is 61.0 cm³/mol. The molecule has 18 heavy (non-hydrogen) atoms. The maximum Gasteiger partial charge on any atom is 0.410 e. The molecule has 1 saturated carbocycles. The summed E-state index contributed by atoms with van der Waals surface area (Å²) >= 11 is 0.